The first-order valence-corrected chi connectivity index (χ1v) is 28.5. The van der Waals surface area contributed by atoms with Gasteiger partial charge in [0.1, 0.15) is 5.78 Å². The maximum Gasteiger partial charge on any atom is 0.198 e. The Morgan fingerprint density at radius 3 is 1.40 bits per heavy atom. The van der Waals surface area contributed by atoms with Gasteiger partial charge in [0.2, 0.25) is 0 Å². The molecule has 388 valence electrons. The van der Waals surface area contributed by atoms with Gasteiger partial charge in [-0.2, -0.15) is 0 Å². The van der Waals surface area contributed by atoms with Crippen LogP contribution in [-0.2, 0) is 9.59 Å². The number of Topliss-reactive ketones (excluding diaryl/α,β-unsaturated/α-hetero) is 1. The normalized spacial score (nSPS) is 37.4. The fourth-order valence-corrected chi connectivity index (χ4v) is 15.8. The number of unbranched alkanes of at least 4 members (excludes halogenated alkanes) is 1. The molecule has 8 saturated carbocycles. The molecule has 8 aliphatic rings. The summed E-state index contributed by atoms with van der Waals surface area (Å²) in [4.78, 5) is 24.7. The molecule has 8 nitrogen and oxygen atoms in total. The van der Waals surface area contributed by atoms with E-state index in [1.54, 1.807) is 6.92 Å². The van der Waals surface area contributed by atoms with Gasteiger partial charge < -0.3 is 30.6 Å². The minimum Gasteiger partial charge on any atom is -0.388 e. The zero-order valence-electron chi connectivity index (χ0n) is 43.7. The first-order valence-electron chi connectivity index (χ1n) is 27.5. The summed E-state index contributed by atoms with van der Waals surface area (Å²) in [5.74, 6) is 3.94. The van der Waals surface area contributed by atoms with Gasteiger partial charge in [-0.1, -0.05) is 137 Å². The number of hydrogen-bond acceptors (Lipinski definition) is 9. The van der Waals surface area contributed by atoms with E-state index < -0.39 is 47.5 Å². The summed E-state index contributed by atoms with van der Waals surface area (Å²) in [6.45, 7) is 20.8. The van der Waals surface area contributed by atoms with E-state index in [2.05, 4.69) is 84.2 Å². The van der Waals surface area contributed by atoms with Crippen molar-refractivity contribution in [2.75, 3.05) is 5.75 Å². The number of carbonyl (C=O) groups excluding carboxylic acids is 2. The molecule has 8 fully saturated rings. The van der Waals surface area contributed by atoms with Crippen molar-refractivity contribution in [2.24, 2.45) is 57.2 Å². The average molecular weight is 983 g/mol. The number of allylic oxidation sites excluding steroid dienone is 8. The van der Waals surface area contributed by atoms with E-state index in [1.165, 1.54) is 74.3 Å². The molecule has 0 aromatic rings. The highest BCUT2D eigenvalue weighted by Gasteiger charge is 2.56. The van der Waals surface area contributed by atoms with E-state index in [4.69, 9.17) is 0 Å². The summed E-state index contributed by atoms with van der Waals surface area (Å²) in [7, 11) is 0. The Labute approximate surface area is 425 Å². The first-order chi connectivity index (χ1) is 33.2. The molecule has 0 spiro atoms. The van der Waals surface area contributed by atoms with Crippen LogP contribution >= 0.6 is 11.8 Å². The topological polar surface area (TPSA) is 156 Å². The second-order valence-electron chi connectivity index (χ2n) is 24.1. The summed E-state index contributed by atoms with van der Waals surface area (Å²) in [5.41, 5.74) is 5.72. The fraction of sp³-hybridized carbons (Fsp3) is 0.705. The molecule has 0 aromatic carbocycles. The number of ketones is 1. The lowest BCUT2D eigenvalue weighted by Crippen LogP contribution is -2.35. The number of carbonyl (C=O) groups is 2. The molecule has 0 heterocycles. The molecule has 0 aliphatic heterocycles. The van der Waals surface area contributed by atoms with Gasteiger partial charge in [0.25, 0.3) is 0 Å². The van der Waals surface area contributed by atoms with Gasteiger partial charge in [-0.3, -0.25) is 9.59 Å². The Morgan fingerprint density at radius 1 is 0.629 bits per heavy atom. The zero-order chi connectivity index (χ0) is 50.8. The summed E-state index contributed by atoms with van der Waals surface area (Å²) >= 11 is 1.41. The average Bonchev–Trinajstić information content (AvgIpc) is 4.25. The van der Waals surface area contributed by atoms with E-state index in [9.17, 15) is 40.2 Å². The fourth-order valence-electron chi connectivity index (χ4n) is 14.5. The smallest absolute Gasteiger partial charge is 0.198 e. The van der Waals surface area contributed by atoms with Crippen LogP contribution in [0.5, 0.6) is 0 Å². The van der Waals surface area contributed by atoms with Crippen molar-refractivity contribution in [3.63, 3.8) is 0 Å². The monoisotopic (exact) mass is 983 g/mol. The highest BCUT2D eigenvalue weighted by atomic mass is 32.2. The Balaban J connectivity index is 0.000000208. The molecule has 0 bridgehead atoms. The Hall–Kier alpha value is -2.63. The number of fused-ring (bicyclic) bond motifs is 2. The molecule has 14 atom stereocenters. The SMILES string of the molecule is C=C1[C@H](O)CC(=C/C=C2\CCC[C@]3(C)[C@@H]([C@@H](C)/C=C/[C@H](O)C4(C(C)=O)CC4)CC[C@@H]23)C[C@H]1O.C=C1[C@H](O)CC(=C/C=C2\CCC[C@]3(C)[C@@H]([C@H](C)/C=C/[C@H](O)C4(C(=O)SCCCC)CC4)CC[C@@H]23)C[C@H]1O. The Kier molecular flexibility index (Phi) is 18.0. The summed E-state index contributed by atoms with van der Waals surface area (Å²) in [5, 5.41) is 62.5. The van der Waals surface area contributed by atoms with Crippen LogP contribution in [0.25, 0.3) is 0 Å². The maximum atomic E-state index is 12.8. The number of hydrogen-bond donors (Lipinski definition) is 6. The minimum absolute atomic E-state index is 0.110. The predicted molar refractivity (Wildman–Crippen MR) is 284 cm³/mol. The van der Waals surface area contributed by atoms with Crippen LogP contribution in [-0.4, -0.2) is 83.9 Å². The maximum absolute atomic E-state index is 12.8. The summed E-state index contributed by atoms with van der Waals surface area (Å²) in [6, 6.07) is 0. The standard InChI is InChI=1S/C32H48O4S.C29H42O4/c1-5-6-18-37-30(36)32(16-17-32)29(35)14-9-21(2)25-12-13-26-24(8-7-15-31(25,26)4)11-10-23-19-27(33)22(3)28(34)20-23;1-18(7-12-27(33)29(14-15-29)20(3)30)23-10-11-24-22(6-5-13-28(23,24)4)9-8-21-16-25(31)19(2)26(32)17-21/h9-11,14,21,25-29,33-35H,3,5-8,12-13,15-20H2,1-2,4H3;7-9,12,18,23-27,31-33H,2,5-6,10-11,13-17H2,1,3-4H3/b14-9+,24-11+;12-7+,22-9+/t21-,25-,26+,27-,28-,29+,31-;18-,23+,24-,25+,26+,27-,28+/m10/s1. The lowest BCUT2D eigenvalue weighted by molar-refractivity contribution is -0.125. The lowest BCUT2D eigenvalue weighted by atomic mass is 9.61. The molecular formula is C61H90O8S. The molecule has 0 radical (unpaired) electrons. The predicted octanol–water partition coefficient (Wildman–Crippen LogP) is 11.6. The zero-order valence-corrected chi connectivity index (χ0v) is 44.5. The number of thioether (sulfide) groups is 1. The highest BCUT2D eigenvalue weighted by molar-refractivity contribution is 8.13. The van der Waals surface area contributed by atoms with Crippen molar-refractivity contribution in [3.05, 3.63) is 95.2 Å². The molecule has 8 rings (SSSR count). The third-order valence-electron chi connectivity index (χ3n) is 19.7. The minimum atomic E-state index is -0.674. The van der Waals surface area contributed by atoms with Crippen LogP contribution in [0, 0.1) is 57.2 Å². The second kappa shape index (κ2) is 22.9. The third-order valence-corrected chi connectivity index (χ3v) is 20.8. The molecule has 0 amide bonds. The van der Waals surface area contributed by atoms with Crippen LogP contribution in [0.2, 0.25) is 0 Å². The van der Waals surface area contributed by atoms with E-state index in [-0.39, 0.29) is 21.7 Å². The van der Waals surface area contributed by atoms with Crippen molar-refractivity contribution in [2.45, 2.75) is 207 Å². The van der Waals surface area contributed by atoms with Gasteiger partial charge in [-0.25, -0.2) is 0 Å². The van der Waals surface area contributed by atoms with E-state index in [1.807, 2.05) is 12.2 Å². The van der Waals surface area contributed by atoms with Crippen molar-refractivity contribution in [1.82, 2.24) is 0 Å². The Morgan fingerprint density at radius 2 is 1.03 bits per heavy atom. The molecule has 70 heavy (non-hydrogen) atoms. The van der Waals surface area contributed by atoms with Crippen LogP contribution in [0.3, 0.4) is 0 Å². The van der Waals surface area contributed by atoms with Gasteiger partial charge in [-0.05, 0) is 186 Å². The molecule has 0 unspecified atom stereocenters. The number of aliphatic hydroxyl groups is 6. The van der Waals surface area contributed by atoms with Crippen molar-refractivity contribution in [1.29, 1.82) is 0 Å². The second-order valence-corrected chi connectivity index (χ2v) is 25.2. The van der Waals surface area contributed by atoms with E-state index in [0.717, 1.165) is 68.3 Å². The highest BCUT2D eigenvalue weighted by Crippen LogP contribution is 2.61. The lowest BCUT2D eigenvalue weighted by Gasteiger charge is -2.44. The number of rotatable bonds is 15. The quantitative estimate of drug-likeness (QED) is 0.0695. The summed E-state index contributed by atoms with van der Waals surface area (Å²) < 4.78 is 0. The van der Waals surface area contributed by atoms with Crippen molar-refractivity contribution in [3.8, 4) is 0 Å². The van der Waals surface area contributed by atoms with E-state index >= 15 is 0 Å². The molecule has 0 aromatic heterocycles. The van der Waals surface area contributed by atoms with Crippen LogP contribution < -0.4 is 0 Å². The Bertz CT molecular complexity index is 2090. The van der Waals surface area contributed by atoms with Gasteiger partial charge in [-0.15, -0.1) is 0 Å². The van der Waals surface area contributed by atoms with E-state index in [0.29, 0.717) is 72.3 Å². The first kappa shape index (κ1) is 55.1. The largest absolute Gasteiger partial charge is 0.388 e. The van der Waals surface area contributed by atoms with Gasteiger partial charge >= 0.3 is 0 Å². The van der Waals surface area contributed by atoms with Gasteiger partial charge in [0, 0.05) is 5.75 Å². The van der Waals surface area contributed by atoms with Crippen molar-refractivity contribution < 1.29 is 40.2 Å². The van der Waals surface area contributed by atoms with Gasteiger partial charge in [0.15, 0.2) is 5.12 Å². The van der Waals surface area contributed by atoms with Crippen LogP contribution in [0.1, 0.15) is 170 Å². The van der Waals surface area contributed by atoms with Crippen molar-refractivity contribution >= 4 is 22.7 Å². The molecule has 9 heteroatoms. The van der Waals surface area contributed by atoms with Crippen LogP contribution in [0.15, 0.2) is 95.2 Å². The summed E-state index contributed by atoms with van der Waals surface area (Å²) in [6.07, 6.45) is 32.6. The molecule has 8 aliphatic carbocycles. The van der Waals surface area contributed by atoms with Crippen LogP contribution in [0.4, 0.5) is 0 Å². The third kappa shape index (κ3) is 11.7. The molecular weight excluding hydrogens is 893 g/mol. The number of aliphatic hydroxyl groups excluding tert-OH is 6. The molecule has 6 N–H and O–H groups in total. The molecule has 0 saturated heterocycles. The van der Waals surface area contributed by atoms with Gasteiger partial charge in [0.05, 0.1) is 47.5 Å².